The number of nitrogens with zero attached hydrogens (tertiary/aromatic N) is 5. The standard InChI is InChI=1S/C27H31ClF2N4O3S.C8H15NO/c1-16-14-32(26(36)37-27(2,3)4)8-9-34(16)25(31-5)19-13-20(28)22(18-7-6-17(29)12-21(18)30)24-23(19)33(15-35)10-11-38-24;1-2-3-9-5-8-4-7(9)6-10-8/h6-7,12-13,15-16H,8-11,14H2,1-5H3;7-8H,2-6H2,1H3. The van der Waals surface area contributed by atoms with Crippen LogP contribution in [0.15, 0.2) is 34.2 Å². The first-order chi connectivity index (χ1) is 22.8. The van der Waals surface area contributed by atoms with Gasteiger partial charge in [0.25, 0.3) is 0 Å². The van der Waals surface area contributed by atoms with Crippen molar-refractivity contribution in [3.05, 3.63) is 46.5 Å². The summed E-state index contributed by atoms with van der Waals surface area (Å²) in [6, 6.07) is 5.71. The lowest BCUT2D eigenvalue weighted by Crippen LogP contribution is -2.56. The van der Waals surface area contributed by atoms with Crippen molar-refractivity contribution in [2.45, 2.75) is 76.1 Å². The van der Waals surface area contributed by atoms with Gasteiger partial charge in [0.2, 0.25) is 6.41 Å². The van der Waals surface area contributed by atoms with Crippen molar-refractivity contribution in [3.63, 3.8) is 0 Å². The van der Waals surface area contributed by atoms with Crippen molar-refractivity contribution in [2.75, 3.05) is 63.6 Å². The molecule has 3 atom stereocenters. The van der Waals surface area contributed by atoms with Crippen molar-refractivity contribution >= 4 is 47.4 Å². The molecule has 48 heavy (non-hydrogen) atoms. The fourth-order valence-corrected chi connectivity index (χ4v) is 8.41. The van der Waals surface area contributed by atoms with Crippen LogP contribution in [0.3, 0.4) is 0 Å². The van der Waals surface area contributed by atoms with Crippen LogP contribution in [0.5, 0.6) is 0 Å². The monoisotopic (exact) mass is 705 g/mol. The van der Waals surface area contributed by atoms with Crippen LogP contribution in [0.1, 0.15) is 53.0 Å². The molecule has 3 fully saturated rings. The van der Waals surface area contributed by atoms with E-state index in [2.05, 4.69) is 21.7 Å². The average molecular weight is 706 g/mol. The Bertz CT molecular complexity index is 1540. The van der Waals surface area contributed by atoms with Crippen LogP contribution in [-0.4, -0.2) is 116 Å². The first-order valence-corrected chi connectivity index (χ1v) is 18.0. The molecule has 2 aromatic rings. The largest absolute Gasteiger partial charge is 0.444 e. The van der Waals surface area contributed by atoms with E-state index in [0.717, 1.165) is 25.1 Å². The number of halogens is 3. The highest BCUT2D eigenvalue weighted by atomic mass is 35.5. The molecule has 0 radical (unpaired) electrons. The number of carbonyl (C=O) groups is 2. The number of morpholine rings is 1. The van der Waals surface area contributed by atoms with E-state index in [1.165, 1.54) is 49.8 Å². The smallest absolute Gasteiger partial charge is 0.410 e. The van der Waals surface area contributed by atoms with Gasteiger partial charge in [-0.2, -0.15) is 0 Å². The Kier molecular flexibility index (Phi) is 11.6. The molecule has 4 aliphatic heterocycles. The number of benzene rings is 2. The first-order valence-electron chi connectivity index (χ1n) is 16.6. The van der Waals surface area contributed by atoms with E-state index < -0.39 is 17.2 Å². The molecule has 6 rings (SSSR count). The molecule has 0 N–H and O–H groups in total. The van der Waals surface area contributed by atoms with Crippen LogP contribution in [0.2, 0.25) is 5.02 Å². The second-order valence-corrected chi connectivity index (χ2v) is 15.1. The van der Waals surface area contributed by atoms with Gasteiger partial charge >= 0.3 is 6.09 Å². The molecule has 4 heterocycles. The summed E-state index contributed by atoms with van der Waals surface area (Å²) in [6.45, 7) is 15.0. The number of rotatable bonds is 5. The number of aliphatic imine (C=N–C) groups is 1. The van der Waals surface area contributed by atoms with E-state index in [-0.39, 0.29) is 22.7 Å². The maximum Gasteiger partial charge on any atom is 0.410 e. The van der Waals surface area contributed by atoms with Gasteiger partial charge in [-0.15, -0.1) is 11.8 Å². The van der Waals surface area contributed by atoms with E-state index in [0.29, 0.717) is 65.6 Å². The molecule has 0 aliphatic carbocycles. The maximum absolute atomic E-state index is 14.9. The van der Waals surface area contributed by atoms with Gasteiger partial charge in [-0.05, 0) is 65.3 Å². The van der Waals surface area contributed by atoms with Crippen molar-refractivity contribution < 1.29 is 27.8 Å². The Morgan fingerprint density at radius 1 is 1.19 bits per heavy atom. The van der Waals surface area contributed by atoms with Crippen LogP contribution in [-0.2, 0) is 14.3 Å². The van der Waals surface area contributed by atoms with Crippen molar-refractivity contribution in [3.8, 4) is 11.1 Å². The van der Waals surface area contributed by atoms with E-state index in [9.17, 15) is 18.4 Å². The summed E-state index contributed by atoms with van der Waals surface area (Å²) in [5, 5.41) is 0.269. The molecule has 0 spiro atoms. The van der Waals surface area contributed by atoms with Gasteiger partial charge < -0.3 is 24.2 Å². The number of anilines is 1. The number of ether oxygens (including phenoxy) is 2. The van der Waals surface area contributed by atoms with Crippen LogP contribution in [0, 0.1) is 11.6 Å². The minimum atomic E-state index is -0.734. The third-order valence-electron chi connectivity index (χ3n) is 8.93. The number of amides is 2. The van der Waals surface area contributed by atoms with E-state index in [4.69, 9.17) is 21.1 Å². The molecule has 3 saturated heterocycles. The molecule has 2 aromatic carbocycles. The number of carbonyl (C=O) groups excluding carboxylic acids is 2. The van der Waals surface area contributed by atoms with E-state index in [1.54, 1.807) is 22.9 Å². The first kappa shape index (κ1) is 36.4. The maximum atomic E-state index is 14.9. The summed E-state index contributed by atoms with van der Waals surface area (Å²) >= 11 is 8.25. The Labute approximate surface area is 291 Å². The zero-order valence-electron chi connectivity index (χ0n) is 28.6. The topological polar surface area (TPSA) is 77.9 Å². The minimum Gasteiger partial charge on any atom is -0.444 e. The summed E-state index contributed by atoms with van der Waals surface area (Å²) in [5.41, 5.74) is 1.20. The predicted molar refractivity (Wildman–Crippen MR) is 187 cm³/mol. The predicted octanol–water partition coefficient (Wildman–Crippen LogP) is 6.54. The third kappa shape index (κ3) is 7.93. The number of likely N-dealkylation sites (tertiary alicyclic amines) is 1. The molecule has 0 aromatic heterocycles. The zero-order chi connectivity index (χ0) is 34.7. The quantitative estimate of drug-likeness (QED) is 0.199. The zero-order valence-corrected chi connectivity index (χ0v) is 30.2. The van der Waals surface area contributed by atoms with Gasteiger partial charge in [0, 0.05) is 85.3 Å². The molecule has 4 aliphatic rings. The van der Waals surface area contributed by atoms with Crippen LogP contribution >= 0.6 is 23.4 Å². The average Bonchev–Trinajstić information content (AvgIpc) is 3.66. The molecule has 9 nitrogen and oxygen atoms in total. The fraction of sp³-hybridized carbons (Fsp3) is 0.571. The van der Waals surface area contributed by atoms with Crippen LogP contribution in [0.4, 0.5) is 19.3 Å². The highest BCUT2D eigenvalue weighted by Crippen LogP contribution is 2.48. The molecular weight excluding hydrogens is 660 g/mol. The summed E-state index contributed by atoms with van der Waals surface area (Å²) in [5.74, 6) is -0.220. The van der Waals surface area contributed by atoms with Crippen molar-refractivity contribution in [1.29, 1.82) is 0 Å². The number of fused-ring (bicyclic) bond motifs is 3. The van der Waals surface area contributed by atoms with Gasteiger partial charge in [0.15, 0.2) is 0 Å². The number of piperazine rings is 1. The van der Waals surface area contributed by atoms with Gasteiger partial charge in [-0.3, -0.25) is 14.7 Å². The van der Waals surface area contributed by atoms with Crippen LogP contribution in [0.25, 0.3) is 11.1 Å². The SMILES string of the molecule is CCCN1CC2CC1CO2.CN=C(c1cc(Cl)c(-c2ccc(F)cc2F)c2c1N(C=O)CCS2)N1CCN(C(=O)OC(C)(C)C)CC1C. The second-order valence-electron chi connectivity index (χ2n) is 13.6. The van der Waals surface area contributed by atoms with E-state index >= 15 is 0 Å². The molecule has 3 unspecified atom stereocenters. The third-order valence-corrected chi connectivity index (χ3v) is 10.3. The van der Waals surface area contributed by atoms with Gasteiger partial charge in [0.1, 0.15) is 23.1 Å². The lowest BCUT2D eigenvalue weighted by molar-refractivity contribution is -0.107. The van der Waals surface area contributed by atoms with Gasteiger partial charge in [-0.1, -0.05) is 18.5 Å². The van der Waals surface area contributed by atoms with Crippen molar-refractivity contribution in [1.82, 2.24) is 14.7 Å². The highest BCUT2D eigenvalue weighted by molar-refractivity contribution is 7.99. The van der Waals surface area contributed by atoms with E-state index in [1.807, 2.05) is 27.7 Å². The highest BCUT2D eigenvalue weighted by Gasteiger charge is 2.38. The normalized spacial score (nSPS) is 22.7. The Morgan fingerprint density at radius 2 is 1.96 bits per heavy atom. The molecule has 2 amide bonds. The number of hydrogen-bond donors (Lipinski definition) is 0. The van der Waals surface area contributed by atoms with Crippen LogP contribution < -0.4 is 4.90 Å². The molecule has 262 valence electrons. The fourth-order valence-electron chi connectivity index (χ4n) is 6.83. The summed E-state index contributed by atoms with van der Waals surface area (Å²) in [4.78, 5) is 37.9. The van der Waals surface area contributed by atoms with Gasteiger partial charge in [0.05, 0.1) is 23.4 Å². The lowest BCUT2D eigenvalue weighted by atomic mass is 9.98. The number of amidine groups is 1. The van der Waals surface area contributed by atoms with Crippen molar-refractivity contribution in [2.24, 2.45) is 4.99 Å². The number of thioether (sulfide) groups is 1. The molecule has 0 saturated carbocycles. The Morgan fingerprint density at radius 3 is 2.54 bits per heavy atom. The summed E-state index contributed by atoms with van der Waals surface area (Å²) < 4.78 is 39.6. The Balaban J connectivity index is 0.000000380. The summed E-state index contributed by atoms with van der Waals surface area (Å²) in [6.07, 6.45) is 3.53. The molecule has 2 bridgehead atoms. The lowest BCUT2D eigenvalue weighted by Gasteiger charge is -2.42. The molecule has 13 heteroatoms. The van der Waals surface area contributed by atoms with Gasteiger partial charge in [-0.25, -0.2) is 13.6 Å². The minimum absolute atomic E-state index is 0.112. The summed E-state index contributed by atoms with van der Waals surface area (Å²) in [7, 11) is 1.66. The molecular formula is C35H46ClF2N5O4S. The second kappa shape index (κ2) is 15.3. The Hall–Kier alpha value is -2.93. The number of hydrogen-bond acceptors (Lipinski definition) is 7.